The molecule has 2 unspecified atom stereocenters. The molecule has 2 atom stereocenters. The Labute approximate surface area is 124 Å². The second-order valence-corrected chi connectivity index (χ2v) is 7.79. The predicted molar refractivity (Wildman–Crippen MR) is 82.5 cm³/mol. The highest BCUT2D eigenvalue weighted by molar-refractivity contribution is 4.90. The zero-order valence-corrected chi connectivity index (χ0v) is 13.8. The Bertz CT molecular complexity index is 308. The molecule has 0 aromatic rings. The maximum absolute atomic E-state index is 6.34. The third kappa shape index (κ3) is 4.44. The second-order valence-electron chi connectivity index (χ2n) is 7.79. The molecular weight excluding hydrogens is 250 g/mol. The van der Waals surface area contributed by atoms with Gasteiger partial charge in [-0.05, 0) is 52.9 Å². The molecule has 2 N–H and O–H groups in total. The molecule has 1 aliphatic heterocycles. The van der Waals surface area contributed by atoms with E-state index in [0.717, 1.165) is 18.8 Å². The smallest absolute Gasteiger partial charge is 0.164 e. The first-order valence-electron chi connectivity index (χ1n) is 8.42. The molecule has 3 nitrogen and oxygen atoms in total. The first kappa shape index (κ1) is 16.3. The minimum atomic E-state index is -0.457. The summed E-state index contributed by atoms with van der Waals surface area (Å²) in [5, 5.41) is 0. The summed E-state index contributed by atoms with van der Waals surface area (Å²) < 4.78 is 12.0. The van der Waals surface area contributed by atoms with Gasteiger partial charge in [0.25, 0.3) is 0 Å². The summed E-state index contributed by atoms with van der Waals surface area (Å²) in [6.45, 7) is 8.24. The van der Waals surface area contributed by atoms with Crippen LogP contribution in [0.3, 0.4) is 0 Å². The summed E-state index contributed by atoms with van der Waals surface area (Å²) in [7, 11) is 0. The largest absolute Gasteiger partial charge is 0.344 e. The van der Waals surface area contributed by atoms with Gasteiger partial charge < -0.3 is 15.2 Å². The second kappa shape index (κ2) is 6.33. The van der Waals surface area contributed by atoms with Crippen LogP contribution in [-0.4, -0.2) is 23.5 Å². The average Bonchev–Trinajstić information content (AvgIpc) is 2.55. The van der Waals surface area contributed by atoms with Gasteiger partial charge >= 0.3 is 0 Å². The Kier molecular flexibility index (Phi) is 5.14. The van der Waals surface area contributed by atoms with E-state index in [2.05, 4.69) is 13.8 Å². The molecule has 2 fully saturated rings. The summed E-state index contributed by atoms with van der Waals surface area (Å²) >= 11 is 0. The number of hydrogen-bond acceptors (Lipinski definition) is 3. The van der Waals surface area contributed by atoms with Gasteiger partial charge in [0.2, 0.25) is 0 Å². The van der Waals surface area contributed by atoms with Gasteiger partial charge in [-0.2, -0.15) is 0 Å². The van der Waals surface area contributed by atoms with Crippen LogP contribution in [0, 0.1) is 5.92 Å². The fourth-order valence-corrected chi connectivity index (χ4v) is 3.95. The lowest BCUT2D eigenvalue weighted by molar-refractivity contribution is -0.157. The Hall–Kier alpha value is -0.120. The van der Waals surface area contributed by atoms with E-state index >= 15 is 0 Å². The van der Waals surface area contributed by atoms with E-state index in [9.17, 15) is 0 Å². The maximum atomic E-state index is 6.34. The average molecular weight is 283 g/mol. The minimum absolute atomic E-state index is 0.162. The van der Waals surface area contributed by atoms with Crippen LogP contribution < -0.4 is 5.73 Å². The Morgan fingerprint density at radius 3 is 2.30 bits per heavy atom. The van der Waals surface area contributed by atoms with Gasteiger partial charge in [0.15, 0.2) is 5.79 Å². The number of rotatable bonds is 5. The van der Waals surface area contributed by atoms with Crippen molar-refractivity contribution in [1.29, 1.82) is 0 Å². The number of nitrogens with two attached hydrogens (primary N) is 1. The van der Waals surface area contributed by atoms with E-state index in [1.807, 2.05) is 13.8 Å². The lowest BCUT2D eigenvalue weighted by Crippen LogP contribution is -2.35. The fraction of sp³-hybridized carbons (Fsp3) is 1.00. The highest BCUT2D eigenvalue weighted by atomic mass is 16.8. The van der Waals surface area contributed by atoms with Gasteiger partial charge in [0, 0.05) is 6.04 Å². The Morgan fingerprint density at radius 1 is 1.10 bits per heavy atom. The SMILES string of the molecule is CC1(C)OC(CCC(N)CC2CCCCC2)C(C)(C)O1. The standard InChI is InChI=1S/C17H33NO2/c1-16(2)15(19-17(3,4)20-16)11-10-14(18)12-13-8-6-5-7-9-13/h13-15H,5-12,18H2,1-4H3. The summed E-state index contributed by atoms with van der Waals surface area (Å²) in [6.07, 6.45) is 10.4. The van der Waals surface area contributed by atoms with Crippen LogP contribution >= 0.6 is 0 Å². The van der Waals surface area contributed by atoms with Crippen molar-refractivity contribution in [3.63, 3.8) is 0 Å². The molecule has 0 aromatic heterocycles. The molecule has 3 heteroatoms. The summed E-state index contributed by atoms with van der Waals surface area (Å²) in [4.78, 5) is 0. The van der Waals surface area contributed by atoms with Crippen molar-refractivity contribution in [2.24, 2.45) is 11.7 Å². The topological polar surface area (TPSA) is 44.5 Å². The van der Waals surface area contributed by atoms with Crippen molar-refractivity contribution in [2.45, 2.75) is 103 Å². The van der Waals surface area contributed by atoms with E-state index in [4.69, 9.17) is 15.2 Å². The highest BCUT2D eigenvalue weighted by Crippen LogP contribution is 2.38. The van der Waals surface area contributed by atoms with E-state index < -0.39 is 5.79 Å². The molecule has 0 bridgehead atoms. The third-order valence-corrected chi connectivity index (χ3v) is 4.87. The first-order chi connectivity index (χ1) is 9.28. The molecule has 118 valence electrons. The van der Waals surface area contributed by atoms with Crippen molar-refractivity contribution >= 4 is 0 Å². The van der Waals surface area contributed by atoms with Crippen LogP contribution in [0.15, 0.2) is 0 Å². The summed E-state index contributed by atoms with van der Waals surface area (Å²) in [6, 6.07) is 0.321. The molecule has 0 amide bonds. The first-order valence-corrected chi connectivity index (χ1v) is 8.42. The highest BCUT2D eigenvalue weighted by Gasteiger charge is 2.46. The van der Waals surface area contributed by atoms with Crippen molar-refractivity contribution < 1.29 is 9.47 Å². The quantitative estimate of drug-likeness (QED) is 0.829. The van der Waals surface area contributed by atoms with Crippen LogP contribution in [0.1, 0.15) is 79.1 Å². The third-order valence-electron chi connectivity index (χ3n) is 4.87. The van der Waals surface area contributed by atoms with Crippen molar-refractivity contribution in [3.05, 3.63) is 0 Å². The molecule has 0 aromatic carbocycles. The van der Waals surface area contributed by atoms with Crippen LogP contribution in [0.5, 0.6) is 0 Å². The molecule has 2 aliphatic rings. The summed E-state index contributed by atoms with van der Waals surface area (Å²) in [5.74, 6) is 0.408. The van der Waals surface area contributed by atoms with Gasteiger partial charge in [-0.3, -0.25) is 0 Å². The molecule has 20 heavy (non-hydrogen) atoms. The van der Waals surface area contributed by atoms with E-state index in [0.29, 0.717) is 6.04 Å². The Morgan fingerprint density at radius 2 is 1.75 bits per heavy atom. The molecule has 0 radical (unpaired) electrons. The molecule has 1 aliphatic carbocycles. The molecule has 1 saturated carbocycles. The number of ether oxygens (including phenoxy) is 2. The van der Waals surface area contributed by atoms with Crippen molar-refractivity contribution in [1.82, 2.24) is 0 Å². The van der Waals surface area contributed by atoms with Crippen molar-refractivity contribution in [3.8, 4) is 0 Å². The molecule has 0 spiro atoms. The lowest BCUT2D eigenvalue weighted by Gasteiger charge is -2.27. The van der Waals surface area contributed by atoms with E-state index in [1.54, 1.807) is 0 Å². The maximum Gasteiger partial charge on any atom is 0.164 e. The van der Waals surface area contributed by atoms with Crippen LogP contribution in [0.2, 0.25) is 0 Å². The number of hydrogen-bond donors (Lipinski definition) is 1. The van der Waals surface area contributed by atoms with Gasteiger partial charge in [-0.25, -0.2) is 0 Å². The molecule has 2 rings (SSSR count). The monoisotopic (exact) mass is 283 g/mol. The van der Waals surface area contributed by atoms with E-state index in [1.165, 1.54) is 38.5 Å². The van der Waals surface area contributed by atoms with Crippen LogP contribution in [-0.2, 0) is 9.47 Å². The Balaban J connectivity index is 1.74. The van der Waals surface area contributed by atoms with Gasteiger partial charge in [0.05, 0.1) is 11.7 Å². The summed E-state index contributed by atoms with van der Waals surface area (Å²) in [5.41, 5.74) is 6.14. The van der Waals surface area contributed by atoms with Gasteiger partial charge in [-0.15, -0.1) is 0 Å². The predicted octanol–water partition coefficient (Wildman–Crippen LogP) is 3.99. The molecular formula is C17H33NO2. The van der Waals surface area contributed by atoms with Gasteiger partial charge in [0.1, 0.15) is 0 Å². The zero-order valence-electron chi connectivity index (χ0n) is 13.8. The van der Waals surface area contributed by atoms with Gasteiger partial charge in [-0.1, -0.05) is 32.1 Å². The van der Waals surface area contributed by atoms with Crippen LogP contribution in [0.25, 0.3) is 0 Å². The zero-order chi connectivity index (χ0) is 14.8. The lowest BCUT2D eigenvalue weighted by atomic mass is 9.83. The fourth-order valence-electron chi connectivity index (χ4n) is 3.95. The van der Waals surface area contributed by atoms with Crippen LogP contribution in [0.4, 0.5) is 0 Å². The normalized spacial score (nSPS) is 31.4. The van der Waals surface area contributed by atoms with Crippen molar-refractivity contribution in [2.75, 3.05) is 0 Å². The molecule has 1 saturated heterocycles. The minimum Gasteiger partial charge on any atom is -0.344 e. The van der Waals surface area contributed by atoms with E-state index in [-0.39, 0.29) is 11.7 Å². The molecule has 1 heterocycles.